The second kappa shape index (κ2) is 4.88. The molecule has 0 spiro atoms. The Morgan fingerprint density at radius 3 is 2.76 bits per heavy atom. The van der Waals surface area contributed by atoms with Crippen LogP contribution in [0.1, 0.15) is 10.5 Å². The molecule has 2 heterocycles. The number of nitrogens with one attached hydrogen (secondary N) is 1. The van der Waals surface area contributed by atoms with E-state index in [0.717, 1.165) is 0 Å². The van der Waals surface area contributed by atoms with Crippen molar-refractivity contribution in [2.45, 2.75) is 0 Å². The first-order chi connectivity index (χ1) is 8.15. The van der Waals surface area contributed by atoms with Crippen LogP contribution in [0.2, 0.25) is 0 Å². The van der Waals surface area contributed by atoms with Crippen molar-refractivity contribution in [1.82, 2.24) is 15.0 Å². The van der Waals surface area contributed by atoms with Gasteiger partial charge in [-0.3, -0.25) is 4.79 Å². The first kappa shape index (κ1) is 11.5. The molecule has 1 amide bonds. The highest BCUT2D eigenvalue weighted by molar-refractivity contribution is 9.10. The molecule has 0 saturated heterocycles. The molecule has 2 aromatic heterocycles. The van der Waals surface area contributed by atoms with Gasteiger partial charge in [0.15, 0.2) is 5.82 Å². The quantitative estimate of drug-likeness (QED) is 0.874. The average molecular weight is 294 g/mol. The number of anilines is 2. The predicted molar refractivity (Wildman–Crippen MR) is 66.3 cm³/mol. The van der Waals surface area contributed by atoms with Gasteiger partial charge < -0.3 is 11.1 Å². The second-order valence-electron chi connectivity index (χ2n) is 3.13. The molecule has 7 heteroatoms. The maximum Gasteiger partial charge on any atom is 0.275 e. The minimum atomic E-state index is -0.381. The van der Waals surface area contributed by atoms with Crippen LogP contribution in [0.15, 0.2) is 35.2 Å². The van der Waals surface area contributed by atoms with Crippen molar-refractivity contribution in [1.29, 1.82) is 0 Å². The molecule has 0 aliphatic heterocycles. The van der Waals surface area contributed by atoms with Crippen molar-refractivity contribution in [2.75, 3.05) is 11.1 Å². The lowest BCUT2D eigenvalue weighted by Gasteiger charge is -2.03. The summed E-state index contributed by atoms with van der Waals surface area (Å²) in [6.07, 6.45) is 2.93. The number of nitrogens with two attached hydrogens (primary N) is 1. The van der Waals surface area contributed by atoms with Crippen molar-refractivity contribution in [3.05, 3.63) is 40.9 Å². The number of carbonyl (C=O) groups is 1. The van der Waals surface area contributed by atoms with E-state index in [1.807, 2.05) is 0 Å². The van der Waals surface area contributed by atoms with Crippen molar-refractivity contribution in [3.8, 4) is 0 Å². The van der Waals surface area contributed by atoms with E-state index in [-0.39, 0.29) is 11.6 Å². The molecule has 0 unspecified atom stereocenters. The Morgan fingerprint density at radius 1 is 1.29 bits per heavy atom. The molecule has 6 nitrogen and oxygen atoms in total. The maximum atomic E-state index is 11.7. The Hall–Kier alpha value is -2.02. The molecule has 0 fully saturated rings. The molecule has 0 aromatic carbocycles. The van der Waals surface area contributed by atoms with Gasteiger partial charge in [-0.2, -0.15) is 0 Å². The number of halogens is 1. The molecule has 0 bridgehead atoms. The van der Waals surface area contributed by atoms with E-state index >= 15 is 0 Å². The van der Waals surface area contributed by atoms with Gasteiger partial charge in [-0.05, 0) is 28.1 Å². The highest BCUT2D eigenvalue weighted by atomic mass is 79.9. The van der Waals surface area contributed by atoms with E-state index < -0.39 is 0 Å². The summed E-state index contributed by atoms with van der Waals surface area (Å²) in [6.45, 7) is 0. The second-order valence-corrected chi connectivity index (χ2v) is 3.94. The van der Waals surface area contributed by atoms with Crippen molar-refractivity contribution in [2.24, 2.45) is 0 Å². The SMILES string of the molecule is Nc1cccc(C(=O)Nc2cnc(Br)cn2)n1. The highest BCUT2D eigenvalue weighted by Gasteiger charge is 2.08. The Morgan fingerprint density at radius 2 is 2.12 bits per heavy atom. The molecule has 2 rings (SSSR count). The first-order valence-electron chi connectivity index (χ1n) is 4.66. The fourth-order valence-corrected chi connectivity index (χ4v) is 1.34. The molecule has 86 valence electrons. The summed E-state index contributed by atoms with van der Waals surface area (Å²) in [5.74, 6) is 0.260. The van der Waals surface area contributed by atoms with Gasteiger partial charge in [-0.25, -0.2) is 15.0 Å². The van der Waals surface area contributed by atoms with E-state index in [1.165, 1.54) is 12.4 Å². The first-order valence-corrected chi connectivity index (χ1v) is 5.46. The monoisotopic (exact) mass is 293 g/mol. The third kappa shape index (κ3) is 2.97. The van der Waals surface area contributed by atoms with Crippen LogP contribution in [0.4, 0.5) is 11.6 Å². The van der Waals surface area contributed by atoms with Crippen LogP contribution >= 0.6 is 15.9 Å². The number of nitrogen functional groups attached to an aromatic ring is 1. The summed E-state index contributed by atoms with van der Waals surface area (Å²) in [7, 11) is 0. The van der Waals surface area contributed by atoms with Gasteiger partial charge in [0.25, 0.3) is 5.91 Å². The summed E-state index contributed by atoms with van der Waals surface area (Å²) >= 11 is 3.15. The molecule has 17 heavy (non-hydrogen) atoms. The lowest BCUT2D eigenvalue weighted by atomic mass is 10.3. The zero-order chi connectivity index (χ0) is 12.3. The molecule has 2 aromatic rings. The Labute approximate surface area is 105 Å². The minimum absolute atomic E-state index is 0.231. The zero-order valence-corrected chi connectivity index (χ0v) is 10.2. The largest absolute Gasteiger partial charge is 0.384 e. The number of amides is 1. The minimum Gasteiger partial charge on any atom is -0.384 e. The summed E-state index contributed by atoms with van der Waals surface area (Å²) < 4.78 is 0.595. The van der Waals surface area contributed by atoms with Crippen LogP contribution in [0.25, 0.3) is 0 Å². The molecule has 0 aliphatic rings. The fraction of sp³-hybridized carbons (Fsp3) is 0. The fourth-order valence-electron chi connectivity index (χ4n) is 1.14. The van der Waals surface area contributed by atoms with Crippen LogP contribution in [-0.2, 0) is 0 Å². The number of hydrogen-bond acceptors (Lipinski definition) is 5. The highest BCUT2D eigenvalue weighted by Crippen LogP contribution is 2.08. The molecular formula is C10H8BrN5O. The van der Waals surface area contributed by atoms with Gasteiger partial charge in [0.2, 0.25) is 0 Å². The lowest BCUT2D eigenvalue weighted by molar-refractivity contribution is 0.102. The number of nitrogens with zero attached hydrogens (tertiary/aromatic N) is 3. The van der Waals surface area contributed by atoms with Crippen LogP contribution in [-0.4, -0.2) is 20.9 Å². The number of aromatic nitrogens is 3. The lowest BCUT2D eigenvalue weighted by Crippen LogP contribution is -2.15. The van der Waals surface area contributed by atoms with E-state index in [2.05, 4.69) is 36.2 Å². The number of rotatable bonds is 2. The zero-order valence-electron chi connectivity index (χ0n) is 8.59. The molecule has 3 N–H and O–H groups in total. The molecule has 0 atom stereocenters. The summed E-state index contributed by atoms with van der Waals surface area (Å²) in [5, 5.41) is 2.56. The third-order valence-corrected chi connectivity index (χ3v) is 2.27. The van der Waals surface area contributed by atoms with Gasteiger partial charge in [0, 0.05) is 0 Å². The standard InChI is InChI=1S/C10H8BrN5O/c11-7-4-14-9(5-13-7)16-10(17)6-2-1-3-8(12)15-6/h1-5H,(H2,12,15)(H,14,16,17). The van der Waals surface area contributed by atoms with Gasteiger partial charge in [-0.15, -0.1) is 0 Å². The van der Waals surface area contributed by atoms with Crippen LogP contribution < -0.4 is 11.1 Å². The van der Waals surface area contributed by atoms with E-state index in [0.29, 0.717) is 16.2 Å². The predicted octanol–water partition coefficient (Wildman–Crippen LogP) is 1.47. The maximum absolute atomic E-state index is 11.7. The van der Waals surface area contributed by atoms with E-state index in [1.54, 1.807) is 18.2 Å². The van der Waals surface area contributed by atoms with Crippen molar-refractivity contribution in [3.63, 3.8) is 0 Å². The van der Waals surface area contributed by atoms with Gasteiger partial charge in [0.05, 0.1) is 12.4 Å². The Kier molecular flexibility index (Phi) is 3.29. The number of carbonyl (C=O) groups excluding carboxylic acids is 1. The average Bonchev–Trinajstić information content (AvgIpc) is 2.32. The molecule has 0 radical (unpaired) electrons. The smallest absolute Gasteiger partial charge is 0.275 e. The Balaban J connectivity index is 2.14. The van der Waals surface area contributed by atoms with Gasteiger partial charge in [0.1, 0.15) is 16.1 Å². The van der Waals surface area contributed by atoms with Crippen LogP contribution in [0, 0.1) is 0 Å². The number of pyridine rings is 1. The number of hydrogen-bond donors (Lipinski definition) is 2. The summed E-state index contributed by atoms with van der Waals surface area (Å²) in [5.41, 5.74) is 5.72. The van der Waals surface area contributed by atoms with Crippen LogP contribution in [0.3, 0.4) is 0 Å². The van der Waals surface area contributed by atoms with E-state index in [9.17, 15) is 4.79 Å². The van der Waals surface area contributed by atoms with E-state index in [4.69, 9.17) is 5.73 Å². The summed E-state index contributed by atoms with van der Waals surface area (Å²) in [4.78, 5) is 23.5. The van der Waals surface area contributed by atoms with Gasteiger partial charge >= 0.3 is 0 Å². The normalized spacial score (nSPS) is 9.94. The third-order valence-electron chi connectivity index (χ3n) is 1.87. The van der Waals surface area contributed by atoms with Crippen molar-refractivity contribution < 1.29 is 4.79 Å². The topological polar surface area (TPSA) is 93.8 Å². The van der Waals surface area contributed by atoms with Crippen molar-refractivity contribution >= 4 is 33.5 Å². The van der Waals surface area contributed by atoms with Crippen LogP contribution in [0.5, 0.6) is 0 Å². The molecule has 0 aliphatic carbocycles. The molecule has 0 saturated carbocycles. The van der Waals surface area contributed by atoms with Gasteiger partial charge in [-0.1, -0.05) is 6.07 Å². The summed E-state index contributed by atoms with van der Waals surface area (Å²) in [6, 6.07) is 4.83. The Bertz CT molecular complexity index is 543. The molecular weight excluding hydrogens is 286 g/mol.